The van der Waals surface area contributed by atoms with Crippen LogP contribution in [-0.2, 0) is 4.74 Å². The minimum atomic E-state index is 0.221. The molecular weight excluding hydrogens is 278 g/mol. The van der Waals surface area contributed by atoms with Gasteiger partial charge < -0.3 is 10.1 Å². The molecular formula is C14H26BrNO. The van der Waals surface area contributed by atoms with Crippen molar-refractivity contribution in [3.05, 3.63) is 0 Å². The number of rotatable bonds is 5. The van der Waals surface area contributed by atoms with Gasteiger partial charge in [0, 0.05) is 17.4 Å². The molecule has 0 bridgehead atoms. The van der Waals surface area contributed by atoms with Gasteiger partial charge in [-0.05, 0) is 46.0 Å². The van der Waals surface area contributed by atoms with Crippen molar-refractivity contribution in [2.45, 2.75) is 76.0 Å². The lowest BCUT2D eigenvalue weighted by atomic mass is 9.98. The smallest absolute Gasteiger partial charge is 0.0708 e. The number of halogens is 1. The Kier molecular flexibility index (Phi) is 4.54. The number of nitrogens with one attached hydrogen (secondary N) is 1. The molecule has 1 N–H and O–H groups in total. The number of hydrogen-bond acceptors (Lipinski definition) is 2. The maximum absolute atomic E-state index is 6.31. The van der Waals surface area contributed by atoms with Crippen LogP contribution in [0.25, 0.3) is 0 Å². The minimum Gasteiger partial charge on any atom is -0.370 e. The molecule has 0 radical (unpaired) electrons. The first-order chi connectivity index (χ1) is 8.05. The molecule has 1 aliphatic carbocycles. The van der Waals surface area contributed by atoms with E-state index in [0.717, 1.165) is 18.3 Å². The third kappa shape index (κ3) is 3.68. The lowest BCUT2D eigenvalue weighted by Crippen LogP contribution is -2.44. The van der Waals surface area contributed by atoms with Crippen LogP contribution < -0.4 is 5.32 Å². The summed E-state index contributed by atoms with van der Waals surface area (Å²) in [6.45, 7) is 5.56. The molecule has 1 atom stereocenters. The van der Waals surface area contributed by atoms with E-state index in [0.29, 0.717) is 6.10 Å². The summed E-state index contributed by atoms with van der Waals surface area (Å²) in [5.41, 5.74) is 0.504. The lowest BCUT2D eigenvalue weighted by molar-refractivity contribution is -0.0370. The van der Waals surface area contributed by atoms with Crippen LogP contribution in [0.1, 0.15) is 58.8 Å². The first-order valence-electron chi connectivity index (χ1n) is 7.04. The molecule has 0 aromatic heterocycles. The van der Waals surface area contributed by atoms with Gasteiger partial charge in [0.1, 0.15) is 0 Å². The van der Waals surface area contributed by atoms with Crippen molar-refractivity contribution in [1.82, 2.24) is 5.32 Å². The normalized spacial score (nSPS) is 28.1. The van der Waals surface area contributed by atoms with E-state index >= 15 is 0 Å². The lowest BCUT2D eigenvalue weighted by Gasteiger charge is -2.29. The summed E-state index contributed by atoms with van der Waals surface area (Å²) >= 11 is 3.52. The quantitative estimate of drug-likeness (QED) is 0.783. The molecule has 1 unspecified atom stereocenters. The topological polar surface area (TPSA) is 21.3 Å². The molecule has 2 nitrogen and oxygen atoms in total. The van der Waals surface area contributed by atoms with Crippen LogP contribution >= 0.6 is 15.9 Å². The minimum absolute atomic E-state index is 0.221. The fourth-order valence-corrected chi connectivity index (χ4v) is 4.13. The third-order valence-corrected chi connectivity index (χ3v) is 4.78. The maximum atomic E-state index is 6.31. The SMILES string of the molecule is CC(C)(CCBr)NCC1CCC2(CCCC2)O1. The fourth-order valence-electron chi connectivity index (χ4n) is 3.14. The summed E-state index contributed by atoms with van der Waals surface area (Å²) in [7, 11) is 0. The van der Waals surface area contributed by atoms with E-state index in [-0.39, 0.29) is 11.1 Å². The summed E-state index contributed by atoms with van der Waals surface area (Å²) in [6.07, 6.45) is 9.48. The van der Waals surface area contributed by atoms with Gasteiger partial charge in [0.25, 0.3) is 0 Å². The number of alkyl halides is 1. The van der Waals surface area contributed by atoms with Gasteiger partial charge in [0.2, 0.25) is 0 Å². The van der Waals surface area contributed by atoms with E-state index in [1.807, 2.05) is 0 Å². The van der Waals surface area contributed by atoms with Crippen LogP contribution in [0.4, 0.5) is 0 Å². The van der Waals surface area contributed by atoms with Gasteiger partial charge >= 0.3 is 0 Å². The van der Waals surface area contributed by atoms with Gasteiger partial charge in [-0.2, -0.15) is 0 Å². The summed E-state index contributed by atoms with van der Waals surface area (Å²) in [5, 5.41) is 4.71. The van der Waals surface area contributed by atoms with Gasteiger partial charge in [-0.25, -0.2) is 0 Å². The van der Waals surface area contributed by atoms with Crippen molar-refractivity contribution in [1.29, 1.82) is 0 Å². The largest absolute Gasteiger partial charge is 0.370 e. The number of ether oxygens (including phenoxy) is 1. The van der Waals surface area contributed by atoms with Crippen molar-refractivity contribution in [2.75, 3.05) is 11.9 Å². The van der Waals surface area contributed by atoms with Crippen molar-refractivity contribution in [2.24, 2.45) is 0 Å². The molecule has 2 rings (SSSR count). The molecule has 1 aliphatic heterocycles. The molecule has 1 saturated heterocycles. The predicted octanol–water partition coefficient (Wildman–Crippen LogP) is 3.63. The van der Waals surface area contributed by atoms with Gasteiger partial charge in [-0.15, -0.1) is 0 Å². The Morgan fingerprint density at radius 3 is 2.65 bits per heavy atom. The standard InChI is InChI=1S/C14H26BrNO/c1-13(2,9-10-15)16-11-12-5-8-14(17-12)6-3-4-7-14/h12,16H,3-11H2,1-2H3. The van der Waals surface area contributed by atoms with E-state index in [1.54, 1.807) is 0 Å². The summed E-state index contributed by atoms with van der Waals surface area (Å²) in [5.74, 6) is 0. The zero-order chi connectivity index (χ0) is 12.4. The highest BCUT2D eigenvalue weighted by Gasteiger charge is 2.42. The van der Waals surface area contributed by atoms with Crippen LogP contribution in [-0.4, -0.2) is 29.1 Å². The van der Waals surface area contributed by atoms with E-state index in [9.17, 15) is 0 Å². The van der Waals surface area contributed by atoms with Crippen molar-refractivity contribution >= 4 is 15.9 Å². The Morgan fingerprint density at radius 2 is 2.00 bits per heavy atom. The second kappa shape index (κ2) is 5.58. The summed E-state index contributed by atoms with van der Waals surface area (Å²) in [4.78, 5) is 0. The van der Waals surface area contributed by atoms with Crippen LogP contribution in [0.2, 0.25) is 0 Å². The number of hydrogen-bond donors (Lipinski definition) is 1. The van der Waals surface area contributed by atoms with Gasteiger partial charge in [-0.3, -0.25) is 0 Å². The van der Waals surface area contributed by atoms with E-state index in [1.165, 1.54) is 38.5 Å². The Hall–Kier alpha value is 0.400. The van der Waals surface area contributed by atoms with Crippen LogP contribution in [0.5, 0.6) is 0 Å². The zero-order valence-electron chi connectivity index (χ0n) is 11.2. The zero-order valence-corrected chi connectivity index (χ0v) is 12.8. The Bertz CT molecular complexity index is 249. The van der Waals surface area contributed by atoms with E-state index in [4.69, 9.17) is 4.74 Å². The first-order valence-corrected chi connectivity index (χ1v) is 8.16. The molecule has 2 aliphatic rings. The monoisotopic (exact) mass is 303 g/mol. The maximum Gasteiger partial charge on any atom is 0.0708 e. The van der Waals surface area contributed by atoms with Crippen LogP contribution in [0, 0.1) is 0 Å². The molecule has 3 heteroatoms. The third-order valence-electron chi connectivity index (χ3n) is 4.38. The van der Waals surface area contributed by atoms with Crippen LogP contribution in [0.3, 0.4) is 0 Å². The second-order valence-electron chi connectivity index (χ2n) is 6.37. The fraction of sp³-hybridized carbons (Fsp3) is 1.00. The van der Waals surface area contributed by atoms with E-state index < -0.39 is 0 Å². The molecule has 0 amide bonds. The van der Waals surface area contributed by atoms with Gasteiger partial charge in [0.05, 0.1) is 11.7 Å². The highest BCUT2D eigenvalue weighted by atomic mass is 79.9. The van der Waals surface area contributed by atoms with Crippen LogP contribution in [0.15, 0.2) is 0 Å². The Morgan fingerprint density at radius 1 is 1.29 bits per heavy atom. The molecule has 1 spiro atoms. The molecule has 1 heterocycles. The Labute approximate surface area is 114 Å². The van der Waals surface area contributed by atoms with Crippen molar-refractivity contribution in [3.8, 4) is 0 Å². The second-order valence-corrected chi connectivity index (χ2v) is 7.17. The molecule has 1 saturated carbocycles. The molecule has 100 valence electrons. The Balaban J connectivity index is 1.74. The van der Waals surface area contributed by atoms with Crippen molar-refractivity contribution < 1.29 is 4.74 Å². The average molecular weight is 304 g/mol. The first kappa shape index (κ1) is 13.8. The highest BCUT2D eigenvalue weighted by Crippen LogP contribution is 2.43. The average Bonchev–Trinajstić information content (AvgIpc) is 2.87. The molecule has 0 aromatic rings. The summed E-state index contributed by atoms with van der Waals surface area (Å²) in [6, 6.07) is 0. The molecule has 2 fully saturated rings. The van der Waals surface area contributed by atoms with Crippen molar-refractivity contribution in [3.63, 3.8) is 0 Å². The van der Waals surface area contributed by atoms with Gasteiger partial charge in [0.15, 0.2) is 0 Å². The molecule has 17 heavy (non-hydrogen) atoms. The molecule has 0 aromatic carbocycles. The summed E-state index contributed by atoms with van der Waals surface area (Å²) < 4.78 is 6.31. The highest BCUT2D eigenvalue weighted by molar-refractivity contribution is 9.09. The van der Waals surface area contributed by atoms with Gasteiger partial charge in [-0.1, -0.05) is 28.8 Å². The van der Waals surface area contributed by atoms with E-state index in [2.05, 4.69) is 35.1 Å². The predicted molar refractivity (Wildman–Crippen MR) is 75.8 cm³/mol.